The topological polar surface area (TPSA) is 75.6 Å². The Balaban J connectivity index is 2.72. The molecule has 0 heterocycles. The van der Waals surface area contributed by atoms with Gasteiger partial charge in [-0.05, 0) is 31.0 Å². The molecule has 0 spiro atoms. The van der Waals surface area contributed by atoms with Crippen LogP contribution < -0.4 is 5.32 Å². The molecule has 2 N–H and O–H groups in total. The summed E-state index contributed by atoms with van der Waals surface area (Å²) in [6.07, 6.45) is 1.29. The van der Waals surface area contributed by atoms with Gasteiger partial charge in [-0.3, -0.25) is 9.59 Å². The molecular formula is C16H20FNO4. The summed E-state index contributed by atoms with van der Waals surface area (Å²) >= 11 is 0. The van der Waals surface area contributed by atoms with E-state index >= 15 is 0 Å². The Labute approximate surface area is 128 Å². The Morgan fingerprint density at radius 2 is 2.05 bits per heavy atom. The van der Waals surface area contributed by atoms with E-state index in [1.165, 1.54) is 24.3 Å². The summed E-state index contributed by atoms with van der Waals surface area (Å²) in [5.41, 5.74) is 0.524. The normalized spacial score (nSPS) is 13.2. The van der Waals surface area contributed by atoms with Crippen LogP contribution >= 0.6 is 0 Å². The van der Waals surface area contributed by atoms with E-state index in [4.69, 9.17) is 9.84 Å². The van der Waals surface area contributed by atoms with Gasteiger partial charge in [0.05, 0.1) is 19.1 Å². The van der Waals surface area contributed by atoms with Crippen LogP contribution in [-0.2, 0) is 14.3 Å². The molecule has 0 bridgehead atoms. The summed E-state index contributed by atoms with van der Waals surface area (Å²) < 4.78 is 18.3. The number of rotatable bonds is 9. The van der Waals surface area contributed by atoms with Crippen molar-refractivity contribution >= 4 is 11.9 Å². The first-order valence-corrected chi connectivity index (χ1v) is 6.94. The third-order valence-corrected chi connectivity index (χ3v) is 3.03. The lowest BCUT2D eigenvalue weighted by Gasteiger charge is -2.20. The van der Waals surface area contributed by atoms with Crippen LogP contribution in [-0.4, -0.2) is 29.7 Å². The molecule has 120 valence electrons. The van der Waals surface area contributed by atoms with Crippen LogP contribution in [0.5, 0.6) is 0 Å². The molecule has 22 heavy (non-hydrogen) atoms. The first-order valence-electron chi connectivity index (χ1n) is 6.94. The second-order valence-corrected chi connectivity index (χ2v) is 4.80. The number of aliphatic carboxylic acids is 1. The molecular weight excluding hydrogens is 289 g/mol. The van der Waals surface area contributed by atoms with Crippen molar-refractivity contribution in [3.05, 3.63) is 48.3 Å². The molecule has 0 aliphatic heterocycles. The SMILES string of the molecule is C=CCCOC(C)C(=O)NC(CC(=O)O)c1ccc(F)cc1. The minimum absolute atomic E-state index is 0.295. The van der Waals surface area contributed by atoms with Crippen molar-refractivity contribution in [2.24, 2.45) is 0 Å². The van der Waals surface area contributed by atoms with Crippen molar-refractivity contribution in [2.45, 2.75) is 31.9 Å². The summed E-state index contributed by atoms with van der Waals surface area (Å²) in [6.45, 7) is 5.50. The number of carboxylic acids is 1. The highest BCUT2D eigenvalue weighted by molar-refractivity contribution is 5.81. The molecule has 2 unspecified atom stereocenters. The number of carboxylic acid groups (broad SMARTS) is 1. The Hall–Kier alpha value is -2.21. The fourth-order valence-electron chi connectivity index (χ4n) is 1.81. The van der Waals surface area contributed by atoms with Crippen LogP contribution in [0.15, 0.2) is 36.9 Å². The molecule has 0 aliphatic carbocycles. The lowest BCUT2D eigenvalue weighted by Crippen LogP contribution is -2.38. The molecule has 1 amide bonds. The summed E-state index contributed by atoms with van der Waals surface area (Å²) in [7, 11) is 0. The van der Waals surface area contributed by atoms with Gasteiger partial charge in [-0.15, -0.1) is 6.58 Å². The van der Waals surface area contributed by atoms with Gasteiger partial charge < -0.3 is 15.2 Å². The van der Waals surface area contributed by atoms with Crippen LogP contribution in [0.1, 0.15) is 31.4 Å². The summed E-state index contributed by atoms with van der Waals surface area (Å²) in [4.78, 5) is 23.0. The highest BCUT2D eigenvalue weighted by atomic mass is 19.1. The highest BCUT2D eigenvalue weighted by Crippen LogP contribution is 2.18. The molecule has 1 aromatic rings. The molecule has 0 aromatic heterocycles. The Morgan fingerprint density at radius 3 is 2.59 bits per heavy atom. The predicted octanol–water partition coefficient (Wildman–Crippen LogP) is 2.44. The number of nitrogens with one attached hydrogen (secondary N) is 1. The van der Waals surface area contributed by atoms with E-state index in [0.29, 0.717) is 18.6 Å². The van der Waals surface area contributed by atoms with Crippen molar-refractivity contribution < 1.29 is 23.8 Å². The molecule has 1 rings (SSSR count). The fourth-order valence-corrected chi connectivity index (χ4v) is 1.81. The van der Waals surface area contributed by atoms with Gasteiger partial charge in [-0.2, -0.15) is 0 Å². The maximum Gasteiger partial charge on any atom is 0.305 e. The van der Waals surface area contributed by atoms with Gasteiger partial charge in [-0.1, -0.05) is 18.2 Å². The van der Waals surface area contributed by atoms with Gasteiger partial charge in [0.15, 0.2) is 0 Å². The summed E-state index contributed by atoms with van der Waals surface area (Å²) in [5, 5.41) is 11.6. The smallest absolute Gasteiger partial charge is 0.305 e. The molecule has 1 aromatic carbocycles. The standard InChI is InChI=1S/C16H20FNO4/c1-3-4-9-22-11(2)16(21)18-14(10-15(19)20)12-5-7-13(17)8-6-12/h3,5-8,11,14H,1,4,9-10H2,2H3,(H,18,21)(H,19,20). The molecule has 5 nitrogen and oxygen atoms in total. The highest BCUT2D eigenvalue weighted by Gasteiger charge is 2.21. The molecule has 0 saturated carbocycles. The second kappa shape index (κ2) is 8.94. The Kier molecular flexibility index (Phi) is 7.25. The van der Waals surface area contributed by atoms with E-state index in [1.54, 1.807) is 13.0 Å². The number of amides is 1. The number of ether oxygens (including phenoxy) is 1. The first-order chi connectivity index (χ1) is 10.4. The number of carbonyl (C=O) groups excluding carboxylic acids is 1. The van der Waals surface area contributed by atoms with Crippen LogP contribution in [0.3, 0.4) is 0 Å². The van der Waals surface area contributed by atoms with Gasteiger partial charge in [0.2, 0.25) is 5.91 Å². The lowest BCUT2D eigenvalue weighted by atomic mass is 10.0. The van der Waals surface area contributed by atoms with Crippen LogP contribution in [0.2, 0.25) is 0 Å². The average Bonchev–Trinajstić information content (AvgIpc) is 2.47. The van der Waals surface area contributed by atoms with Crippen molar-refractivity contribution in [3.63, 3.8) is 0 Å². The molecule has 2 atom stereocenters. The minimum atomic E-state index is -1.06. The quantitative estimate of drug-likeness (QED) is 0.542. The minimum Gasteiger partial charge on any atom is -0.481 e. The van der Waals surface area contributed by atoms with E-state index in [1.807, 2.05) is 0 Å². The van der Waals surface area contributed by atoms with Crippen molar-refractivity contribution in [1.29, 1.82) is 0 Å². The number of benzene rings is 1. The third-order valence-electron chi connectivity index (χ3n) is 3.03. The van der Waals surface area contributed by atoms with Gasteiger partial charge in [0.1, 0.15) is 11.9 Å². The number of carbonyl (C=O) groups is 2. The summed E-state index contributed by atoms with van der Waals surface area (Å²) in [5.74, 6) is -1.90. The van der Waals surface area contributed by atoms with Gasteiger partial charge in [0.25, 0.3) is 0 Å². The van der Waals surface area contributed by atoms with Crippen molar-refractivity contribution in [1.82, 2.24) is 5.32 Å². The van der Waals surface area contributed by atoms with Crippen molar-refractivity contribution in [3.8, 4) is 0 Å². The average molecular weight is 309 g/mol. The van der Waals surface area contributed by atoms with Crippen LogP contribution in [0.4, 0.5) is 4.39 Å². The molecule has 0 radical (unpaired) electrons. The fraction of sp³-hybridized carbons (Fsp3) is 0.375. The molecule has 0 saturated heterocycles. The Bertz CT molecular complexity index is 515. The molecule has 0 fully saturated rings. The van der Waals surface area contributed by atoms with Gasteiger partial charge in [-0.25, -0.2) is 4.39 Å². The zero-order chi connectivity index (χ0) is 16.5. The molecule has 6 heteroatoms. The monoisotopic (exact) mass is 309 g/mol. The zero-order valence-corrected chi connectivity index (χ0v) is 12.4. The number of hydrogen-bond donors (Lipinski definition) is 2. The van der Waals surface area contributed by atoms with E-state index < -0.39 is 29.8 Å². The van der Waals surface area contributed by atoms with Gasteiger partial charge in [0, 0.05) is 0 Å². The van der Waals surface area contributed by atoms with E-state index in [0.717, 1.165) is 0 Å². The number of hydrogen-bond acceptors (Lipinski definition) is 3. The van der Waals surface area contributed by atoms with Crippen LogP contribution in [0.25, 0.3) is 0 Å². The first kappa shape index (κ1) is 17.8. The zero-order valence-electron chi connectivity index (χ0n) is 12.4. The van der Waals surface area contributed by atoms with E-state index in [2.05, 4.69) is 11.9 Å². The number of halogens is 1. The third kappa shape index (κ3) is 6.05. The predicted molar refractivity (Wildman–Crippen MR) is 79.8 cm³/mol. The van der Waals surface area contributed by atoms with Crippen molar-refractivity contribution in [2.75, 3.05) is 6.61 Å². The van der Waals surface area contributed by atoms with Crippen LogP contribution in [0, 0.1) is 5.82 Å². The lowest BCUT2D eigenvalue weighted by molar-refractivity contribution is -0.138. The Morgan fingerprint density at radius 1 is 1.41 bits per heavy atom. The van der Waals surface area contributed by atoms with E-state index in [9.17, 15) is 14.0 Å². The largest absolute Gasteiger partial charge is 0.481 e. The van der Waals surface area contributed by atoms with Gasteiger partial charge >= 0.3 is 5.97 Å². The summed E-state index contributed by atoms with van der Waals surface area (Å²) in [6, 6.07) is 4.61. The second-order valence-electron chi connectivity index (χ2n) is 4.80. The maximum absolute atomic E-state index is 12.9. The maximum atomic E-state index is 12.9. The van der Waals surface area contributed by atoms with E-state index in [-0.39, 0.29) is 6.42 Å². The molecule has 0 aliphatic rings.